The van der Waals surface area contributed by atoms with E-state index in [1.165, 1.54) is 17.5 Å². The van der Waals surface area contributed by atoms with Crippen molar-refractivity contribution >= 4 is 17.5 Å². The molecule has 2 aromatic rings. The van der Waals surface area contributed by atoms with Crippen LogP contribution in [-0.2, 0) is 18.3 Å². The Morgan fingerprint density at radius 3 is 2.53 bits per heavy atom. The molecular formula is C22H29ClN4O3. The number of carbonyl (C=O) groups excluding carboxylic acids is 1. The van der Waals surface area contributed by atoms with Crippen molar-refractivity contribution in [1.82, 2.24) is 19.2 Å². The quantitative estimate of drug-likeness (QED) is 0.726. The Morgan fingerprint density at radius 2 is 1.90 bits per heavy atom. The highest BCUT2D eigenvalue weighted by Gasteiger charge is 2.31. The highest BCUT2D eigenvalue weighted by Crippen LogP contribution is 2.33. The molecule has 0 unspecified atom stereocenters. The Hall–Kier alpha value is -2.28. The first-order valence-corrected chi connectivity index (χ1v) is 11.1. The molecule has 2 fully saturated rings. The fraction of sp³-hybridized carbons (Fsp3) is 0.591. The maximum atomic E-state index is 12.8. The van der Waals surface area contributed by atoms with Crippen molar-refractivity contribution in [2.75, 3.05) is 20.2 Å². The van der Waals surface area contributed by atoms with Crippen LogP contribution < -0.4 is 10.4 Å². The first-order valence-electron chi connectivity index (χ1n) is 10.7. The average Bonchev–Trinajstić information content (AvgIpc) is 3.37. The van der Waals surface area contributed by atoms with Gasteiger partial charge >= 0.3 is 5.69 Å². The lowest BCUT2D eigenvalue weighted by atomic mass is 9.95. The molecule has 7 nitrogen and oxygen atoms in total. The number of rotatable bonds is 5. The third-order valence-corrected chi connectivity index (χ3v) is 6.75. The van der Waals surface area contributed by atoms with Gasteiger partial charge in [0.2, 0.25) is 5.91 Å². The van der Waals surface area contributed by atoms with Gasteiger partial charge in [-0.1, -0.05) is 30.5 Å². The molecule has 1 aromatic carbocycles. The van der Waals surface area contributed by atoms with Gasteiger partial charge in [0, 0.05) is 32.1 Å². The molecule has 1 aliphatic carbocycles. The van der Waals surface area contributed by atoms with Crippen molar-refractivity contribution in [3.63, 3.8) is 0 Å². The predicted octanol–water partition coefficient (Wildman–Crippen LogP) is 3.31. The molecule has 30 heavy (non-hydrogen) atoms. The van der Waals surface area contributed by atoms with Crippen LogP contribution >= 0.6 is 11.6 Å². The highest BCUT2D eigenvalue weighted by molar-refractivity contribution is 6.32. The summed E-state index contributed by atoms with van der Waals surface area (Å²) < 4.78 is 8.58. The van der Waals surface area contributed by atoms with Crippen LogP contribution in [-0.4, -0.2) is 45.4 Å². The van der Waals surface area contributed by atoms with Crippen LogP contribution in [0.25, 0.3) is 0 Å². The van der Waals surface area contributed by atoms with E-state index in [4.69, 9.17) is 16.3 Å². The minimum Gasteiger partial charge on any atom is -0.495 e. The molecule has 1 saturated heterocycles. The fourth-order valence-corrected chi connectivity index (χ4v) is 5.06. The van der Waals surface area contributed by atoms with E-state index in [2.05, 4.69) is 5.10 Å². The number of ether oxygens (including phenoxy) is 1. The molecule has 162 valence electrons. The van der Waals surface area contributed by atoms with E-state index >= 15 is 0 Å². The Kier molecular flexibility index (Phi) is 6.18. The third kappa shape index (κ3) is 4.13. The molecular weight excluding hydrogens is 404 g/mol. The molecule has 1 aromatic heterocycles. The van der Waals surface area contributed by atoms with E-state index in [0.717, 1.165) is 37.1 Å². The van der Waals surface area contributed by atoms with Crippen LogP contribution in [0, 0.1) is 0 Å². The number of nitrogens with zero attached hydrogens (tertiary/aromatic N) is 4. The fourth-order valence-electron chi connectivity index (χ4n) is 4.78. The van der Waals surface area contributed by atoms with Gasteiger partial charge in [0.25, 0.3) is 0 Å². The molecule has 1 amide bonds. The van der Waals surface area contributed by atoms with Gasteiger partial charge in [0.15, 0.2) is 0 Å². The summed E-state index contributed by atoms with van der Waals surface area (Å²) in [5.41, 5.74) is 0.875. The smallest absolute Gasteiger partial charge is 0.345 e. The van der Waals surface area contributed by atoms with E-state index in [0.29, 0.717) is 30.3 Å². The standard InChI is InChI=1S/C22H29ClN4O3/c1-25-22(29)27(17-5-3-4-6-17)21(24-25)16-9-11-26(12-10-16)20(28)14-15-7-8-19(30-2)18(23)13-15/h7-8,13,16-17H,3-6,9-12,14H2,1-2H3. The lowest BCUT2D eigenvalue weighted by Crippen LogP contribution is -2.39. The molecule has 0 N–H and O–H groups in total. The minimum atomic E-state index is -0.00760. The normalized spacial score (nSPS) is 18.2. The first kappa shape index (κ1) is 21.0. The van der Waals surface area contributed by atoms with Crippen LogP contribution in [0.1, 0.15) is 61.9 Å². The largest absolute Gasteiger partial charge is 0.495 e. The van der Waals surface area contributed by atoms with E-state index in [-0.39, 0.29) is 23.6 Å². The number of amides is 1. The Balaban J connectivity index is 1.41. The maximum absolute atomic E-state index is 12.8. The minimum absolute atomic E-state index is 0.00760. The van der Waals surface area contributed by atoms with Crippen LogP contribution in [0.3, 0.4) is 0 Å². The van der Waals surface area contributed by atoms with Gasteiger partial charge in [-0.15, -0.1) is 0 Å². The van der Waals surface area contributed by atoms with E-state index in [1.807, 2.05) is 15.5 Å². The number of aryl methyl sites for hydroxylation is 1. The second kappa shape index (κ2) is 8.84. The van der Waals surface area contributed by atoms with E-state index in [9.17, 15) is 9.59 Å². The lowest BCUT2D eigenvalue weighted by Gasteiger charge is -2.32. The number of benzene rings is 1. The summed E-state index contributed by atoms with van der Waals surface area (Å²) in [4.78, 5) is 27.3. The lowest BCUT2D eigenvalue weighted by molar-refractivity contribution is -0.131. The summed E-state index contributed by atoms with van der Waals surface area (Å²) in [5.74, 6) is 1.84. The summed E-state index contributed by atoms with van der Waals surface area (Å²) >= 11 is 6.18. The molecule has 0 bridgehead atoms. The molecule has 2 heterocycles. The molecule has 2 aliphatic rings. The molecule has 0 atom stereocenters. The number of carbonyl (C=O) groups is 1. The van der Waals surface area contributed by atoms with Gasteiger partial charge in [0.1, 0.15) is 11.6 Å². The number of aromatic nitrogens is 3. The SMILES string of the molecule is COc1ccc(CC(=O)N2CCC(c3nn(C)c(=O)n3C3CCCC3)CC2)cc1Cl. The Bertz CT molecular complexity index is 969. The molecule has 4 rings (SSSR count). The number of hydrogen-bond acceptors (Lipinski definition) is 4. The van der Waals surface area contributed by atoms with Crippen molar-refractivity contribution in [3.05, 3.63) is 45.1 Å². The van der Waals surface area contributed by atoms with Crippen molar-refractivity contribution in [1.29, 1.82) is 0 Å². The summed E-state index contributed by atoms with van der Waals surface area (Å²) in [6.45, 7) is 1.37. The summed E-state index contributed by atoms with van der Waals surface area (Å²) in [6.07, 6.45) is 6.45. The molecule has 0 spiro atoms. The van der Waals surface area contributed by atoms with Crippen molar-refractivity contribution in [2.24, 2.45) is 7.05 Å². The molecule has 1 saturated carbocycles. The molecule has 8 heteroatoms. The number of halogens is 1. The van der Waals surface area contributed by atoms with Gasteiger partial charge in [-0.2, -0.15) is 5.10 Å². The second-order valence-electron chi connectivity index (χ2n) is 8.37. The first-order chi connectivity index (χ1) is 14.5. The summed E-state index contributed by atoms with van der Waals surface area (Å²) in [5, 5.41) is 5.09. The van der Waals surface area contributed by atoms with Crippen molar-refractivity contribution in [2.45, 2.75) is 56.9 Å². The summed E-state index contributed by atoms with van der Waals surface area (Å²) in [7, 11) is 3.31. The van der Waals surface area contributed by atoms with E-state index < -0.39 is 0 Å². The third-order valence-electron chi connectivity index (χ3n) is 6.46. The zero-order valence-corrected chi connectivity index (χ0v) is 18.4. The van der Waals surface area contributed by atoms with Gasteiger partial charge < -0.3 is 9.64 Å². The molecule has 0 radical (unpaired) electrons. The van der Waals surface area contributed by atoms with Crippen molar-refractivity contribution < 1.29 is 9.53 Å². The second-order valence-corrected chi connectivity index (χ2v) is 8.78. The van der Waals surface area contributed by atoms with Gasteiger partial charge in [-0.25, -0.2) is 9.48 Å². The number of piperidine rings is 1. The van der Waals surface area contributed by atoms with Crippen molar-refractivity contribution in [3.8, 4) is 5.75 Å². The monoisotopic (exact) mass is 432 g/mol. The van der Waals surface area contributed by atoms with Crippen LogP contribution in [0.4, 0.5) is 0 Å². The maximum Gasteiger partial charge on any atom is 0.345 e. The Labute approximate surface area is 181 Å². The average molecular weight is 433 g/mol. The predicted molar refractivity (Wildman–Crippen MR) is 115 cm³/mol. The number of hydrogen-bond donors (Lipinski definition) is 0. The molecule has 1 aliphatic heterocycles. The highest BCUT2D eigenvalue weighted by atomic mass is 35.5. The van der Waals surface area contributed by atoms with Gasteiger partial charge in [0.05, 0.1) is 18.6 Å². The Morgan fingerprint density at radius 1 is 1.20 bits per heavy atom. The van der Waals surface area contributed by atoms with Crippen LogP contribution in [0.5, 0.6) is 5.75 Å². The van der Waals surface area contributed by atoms with Crippen LogP contribution in [0.15, 0.2) is 23.0 Å². The zero-order valence-electron chi connectivity index (χ0n) is 17.6. The van der Waals surface area contributed by atoms with Gasteiger partial charge in [-0.3, -0.25) is 9.36 Å². The van der Waals surface area contributed by atoms with Crippen LogP contribution in [0.2, 0.25) is 5.02 Å². The summed E-state index contributed by atoms with van der Waals surface area (Å²) in [6, 6.07) is 5.74. The van der Waals surface area contributed by atoms with E-state index in [1.54, 1.807) is 26.3 Å². The van der Waals surface area contributed by atoms with Gasteiger partial charge in [-0.05, 0) is 43.4 Å². The topological polar surface area (TPSA) is 69.4 Å². The number of methoxy groups -OCH3 is 1. The number of likely N-dealkylation sites (tertiary alicyclic amines) is 1. The zero-order chi connectivity index (χ0) is 21.3.